The fourth-order valence-corrected chi connectivity index (χ4v) is 1.66. The molecular formula is C12H10ClN3. The summed E-state index contributed by atoms with van der Waals surface area (Å²) in [7, 11) is 0. The smallest absolute Gasteiger partial charge is 0.0641 e. The maximum absolute atomic E-state index is 8.48. The Bertz CT molecular complexity index is 525. The number of hydrogen-bond donors (Lipinski definition) is 0. The van der Waals surface area contributed by atoms with Crippen molar-refractivity contribution in [1.29, 1.82) is 5.26 Å². The average molecular weight is 232 g/mol. The third-order valence-electron chi connectivity index (χ3n) is 2.24. The van der Waals surface area contributed by atoms with Gasteiger partial charge in [0.15, 0.2) is 0 Å². The third-order valence-corrected chi connectivity index (χ3v) is 2.48. The Morgan fingerprint density at radius 1 is 1.38 bits per heavy atom. The zero-order valence-electron chi connectivity index (χ0n) is 8.60. The second kappa shape index (κ2) is 4.82. The van der Waals surface area contributed by atoms with Gasteiger partial charge in [-0.3, -0.25) is 4.68 Å². The minimum atomic E-state index is 0.469. The summed E-state index contributed by atoms with van der Waals surface area (Å²) < 4.78 is 1.76. The number of nitrogens with zero attached hydrogens (tertiary/aromatic N) is 3. The monoisotopic (exact) mass is 231 g/mol. The second-order valence-corrected chi connectivity index (χ2v) is 3.85. The van der Waals surface area contributed by atoms with Crippen molar-refractivity contribution in [2.75, 3.05) is 0 Å². The second-order valence-electron chi connectivity index (χ2n) is 3.41. The molecule has 2 rings (SSSR count). The molecule has 0 aliphatic heterocycles. The van der Waals surface area contributed by atoms with Crippen LogP contribution in [0.2, 0.25) is 5.02 Å². The number of aromatic nitrogens is 2. The Kier molecular flexibility index (Phi) is 3.23. The van der Waals surface area contributed by atoms with E-state index < -0.39 is 0 Å². The van der Waals surface area contributed by atoms with Crippen LogP contribution in [0.25, 0.3) is 11.1 Å². The van der Waals surface area contributed by atoms with Crippen molar-refractivity contribution >= 4 is 11.6 Å². The minimum absolute atomic E-state index is 0.469. The molecule has 80 valence electrons. The molecule has 0 radical (unpaired) electrons. The maximum Gasteiger partial charge on any atom is 0.0641 e. The highest BCUT2D eigenvalue weighted by Crippen LogP contribution is 2.21. The topological polar surface area (TPSA) is 41.6 Å². The van der Waals surface area contributed by atoms with Crippen LogP contribution in [0, 0.1) is 11.3 Å². The Morgan fingerprint density at radius 2 is 2.25 bits per heavy atom. The molecule has 0 fully saturated rings. The van der Waals surface area contributed by atoms with Crippen LogP contribution in [-0.2, 0) is 6.54 Å². The Balaban J connectivity index is 2.22. The molecule has 1 aromatic carbocycles. The van der Waals surface area contributed by atoms with Crippen LogP contribution in [0.1, 0.15) is 6.42 Å². The van der Waals surface area contributed by atoms with Gasteiger partial charge < -0.3 is 0 Å². The molecule has 0 spiro atoms. The summed E-state index contributed by atoms with van der Waals surface area (Å²) in [4.78, 5) is 0. The standard InChI is InChI=1S/C12H10ClN3/c13-12-4-1-3-10(7-12)11-8-15-16(9-11)6-2-5-14/h1,3-4,7-9H,2,6H2. The van der Waals surface area contributed by atoms with Gasteiger partial charge in [0.2, 0.25) is 0 Å². The zero-order chi connectivity index (χ0) is 11.4. The number of nitriles is 1. The minimum Gasteiger partial charge on any atom is -0.271 e. The van der Waals surface area contributed by atoms with Crippen LogP contribution in [0.5, 0.6) is 0 Å². The molecule has 0 aliphatic rings. The van der Waals surface area contributed by atoms with Crippen molar-refractivity contribution in [2.24, 2.45) is 0 Å². The normalized spacial score (nSPS) is 10.0. The number of benzene rings is 1. The summed E-state index contributed by atoms with van der Waals surface area (Å²) in [5.41, 5.74) is 2.05. The number of rotatable bonds is 3. The fraction of sp³-hybridized carbons (Fsp3) is 0.167. The van der Waals surface area contributed by atoms with Crippen LogP contribution in [0.4, 0.5) is 0 Å². The van der Waals surface area contributed by atoms with Crippen molar-refractivity contribution in [3.8, 4) is 17.2 Å². The van der Waals surface area contributed by atoms with Gasteiger partial charge in [-0.2, -0.15) is 10.4 Å². The van der Waals surface area contributed by atoms with Crippen LogP contribution in [-0.4, -0.2) is 9.78 Å². The van der Waals surface area contributed by atoms with Crippen LogP contribution in [0.3, 0.4) is 0 Å². The maximum atomic E-state index is 8.48. The SMILES string of the molecule is N#CCCn1cc(-c2cccc(Cl)c2)cn1. The summed E-state index contributed by atoms with van der Waals surface area (Å²) in [6, 6.07) is 9.72. The molecule has 0 saturated carbocycles. The van der Waals surface area contributed by atoms with Crippen LogP contribution < -0.4 is 0 Å². The summed E-state index contributed by atoms with van der Waals surface area (Å²) in [6.07, 6.45) is 4.17. The van der Waals surface area contributed by atoms with Crippen LogP contribution in [0.15, 0.2) is 36.7 Å². The quantitative estimate of drug-likeness (QED) is 0.815. The van der Waals surface area contributed by atoms with E-state index in [0.29, 0.717) is 18.0 Å². The van der Waals surface area contributed by atoms with Crippen molar-refractivity contribution < 1.29 is 0 Å². The van der Waals surface area contributed by atoms with Gasteiger partial charge in [-0.25, -0.2) is 0 Å². The number of aryl methyl sites for hydroxylation is 1. The molecule has 3 nitrogen and oxygen atoms in total. The molecule has 1 heterocycles. The molecule has 0 bridgehead atoms. The van der Waals surface area contributed by atoms with Crippen molar-refractivity contribution in [3.63, 3.8) is 0 Å². The van der Waals surface area contributed by atoms with E-state index in [4.69, 9.17) is 16.9 Å². The lowest BCUT2D eigenvalue weighted by molar-refractivity contribution is 0.628. The summed E-state index contributed by atoms with van der Waals surface area (Å²) >= 11 is 5.91. The molecule has 2 aromatic rings. The first-order chi connectivity index (χ1) is 7.79. The molecule has 0 N–H and O–H groups in total. The molecule has 0 aliphatic carbocycles. The summed E-state index contributed by atoms with van der Waals surface area (Å²) in [5.74, 6) is 0. The van der Waals surface area contributed by atoms with Gasteiger partial charge in [0.1, 0.15) is 0 Å². The van der Waals surface area contributed by atoms with E-state index in [1.807, 2.05) is 30.5 Å². The molecule has 0 amide bonds. The van der Waals surface area contributed by atoms with Crippen molar-refractivity contribution in [1.82, 2.24) is 9.78 Å². The molecule has 0 atom stereocenters. The van der Waals surface area contributed by atoms with Gasteiger partial charge in [-0.1, -0.05) is 23.7 Å². The lowest BCUT2D eigenvalue weighted by Gasteiger charge is -1.97. The highest BCUT2D eigenvalue weighted by molar-refractivity contribution is 6.30. The van der Waals surface area contributed by atoms with E-state index in [0.717, 1.165) is 11.1 Å². The predicted molar refractivity (Wildman–Crippen MR) is 62.9 cm³/mol. The van der Waals surface area contributed by atoms with E-state index in [1.165, 1.54) is 0 Å². The molecule has 0 unspecified atom stereocenters. The fourth-order valence-electron chi connectivity index (χ4n) is 1.47. The third kappa shape index (κ3) is 2.41. The lowest BCUT2D eigenvalue weighted by Crippen LogP contribution is -1.96. The van der Waals surface area contributed by atoms with Gasteiger partial charge >= 0.3 is 0 Å². The van der Waals surface area contributed by atoms with E-state index in [1.54, 1.807) is 10.9 Å². The van der Waals surface area contributed by atoms with Gasteiger partial charge in [0.05, 0.1) is 25.2 Å². The first-order valence-corrected chi connectivity index (χ1v) is 5.33. The molecular weight excluding hydrogens is 222 g/mol. The molecule has 4 heteroatoms. The number of hydrogen-bond acceptors (Lipinski definition) is 2. The predicted octanol–water partition coefficient (Wildman–Crippen LogP) is 3.12. The molecule has 0 saturated heterocycles. The van der Waals surface area contributed by atoms with E-state index in [-0.39, 0.29) is 0 Å². The lowest BCUT2D eigenvalue weighted by atomic mass is 10.1. The largest absolute Gasteiger partial charge is 0.271 e. The molecule has 16 heavy (non-hydrogen) atoms. The Morgan fingerprint density at radius 3 is 3.00 bits per heavy atom. The Hall–Kier alpha value is -1.79. The Labute approximate surface area is 98.9 Å². The van der Waals surface area contributed by atoms with E-state index in [2.05, 4.69) is 11.2 Å². The number of halogens is 1. The van der Waals surface area contributed by atoms with Gasteiger partial charge in [-0.05, 0) is 17.7 Å². The van der Waals surface area contributed by atoms with Crippen LogP contribution >= 0.6 is 11.6 Å². The van der Waals surface area contributed by atoms with Gasteiger partial charge in [0, 0.05) is 16.8 Å². The van der Waals surface area contributed by atoms with Crippen molar-refractivity contribution in [3.05, 3.63) is 41.7 Å². The highest BCUT2D eigenvalue weighted by Gasteiger charge is 2.01. The van der Waals surface area contributed by atoms with E-state index >= 15 is 0 Å². The average Bonchev–Trinajstić information content (AvgIpc) is 2.75. The zero-order valence-corrected chi connectivity index (χ0v) is 9.35. The highest BCUT2D eigenvalue weighted by atomic mass is 35.5. The van der Waals surface area contributed by atoms with Crippen molar-refractivity contribution in [2.45, 2.75) is 13.0 Å². The van der Waals surface area contributed by atoms with Gasteiger partial charge in [-0.15, -0.1) is 0 Å². The summed E-state index contributed by atoms with van der Waals surface area (Å²) in [5, 5.41) is 13.4. The first-order valence-electron chi connectivity index (χ1n) is 4.95. The van der Waals surface area contributed by atoms with Gasteiger partial charge in [0.25, 0.3) is 0 Å². The molecule has 1 aromatic heterocycles. The summed E-state index contributed by atoms with van der Waals surface area (Å²) in [6.45, 7) is 0.622. The first kappa shape index (κ1) is 10.7. The van der Waals surface area contributed by atoms with E-state index in [9.17, 15) is 0 Å².